The number of hydrogen-bond acceptors (Lipinski definition) is 8. The fourth-order valence-corrected chi connectivity index (χ4v) is 3.50. The Labute approximate surface area is 170 Å². The number of aliphatic hydroxyl groups excluding tert-OH is 2. The maximum absolute atomic E-state index is 12.6. The van der Waals surface area contributed by atoms with Crippen LogP contribution < -0.4 is 0 Å². The van der Waals surface area contributed by atoms with E-state index in [1.165, 1.54) is 12.1 Å². The summed E-state index contributed by atoms with van der Waals surface area (Å²) < 4.78 is 41.5. The zero-order chi connectivity index (χ0) is 22.1. The average Bonchev–Trinajstić information content (AvgIpc) is 2.68. The smallest absolute Gasteiger partial charge is 0.312 e. The van der Waals surface area contributed by atoms with Crippen LogP contribution in [0.3, 0.4) is 0 Å². The van der Waals surface area contributed by atoms with E-state index in [-0.39, 0.29) is 50.1 Å². The van der Waals surface area contributed by atoms with E-state index in [0.29, 0.717) is 6.42 Å². The summed E-state index contributed by atoms with van der Waals surface area (Å²) in [6.07, 6.45) is 0.504. The molecule has 2 unspecified atom stereocenters. The molecule has 0 saturated carbocycles. The molecule has 2 atom stereocenters. The molecular weight excluding hydrogens is 404 g/mol. The molecule has 164 valence electrons. The molecule has 3 N–H and O–H groups in total. The summed E-state index contributed by atoms with van der Waals surface area (Å²) in [5.74, 6) is -1.55. The molecule has 0 bridgehead atoms. The normalized spacial score (nSPS) is 14.7. The molecule has 10 heteroatoms. The van der Waals surface area contributed by atoms with Crippen molar-refractivity contribution in [2.75, 3.05) is 26.4 Å². The molecule has 1 rings (SSSR count). The standard InChI is InChI=1S/C19H28O9S/c1-3-14(15-4-6-16(7-5-15)29(24,25)26)12-19(2,18(23)28-11-9-21)13-17(22)27-10-8-20/h4-7,14,20-21H,3,8-13H2,1-2H3,(H,24,25,26). The number of benzene rings is 1. The average molecular weight is 432 g/mol. The lowest BCUT2D eigenvalue weighted by Gasteiger charge is -2.30. The van der Waals surface area contributed by atoms with Crippen molar-refractivity contribution in [1.29, 1.82) is 0 Å². The molecule has 0 fully saturated rings. The Bertz CT molecular complexity index is 773. The topological polar surface area (TPSA) is 147 Å². The number of esters is 2. The maximum Gasteiger partial charge on any atom is 0.312 e. The third kappa shape index (κ3) is 7.73. The van der Waals surface area contributed by atoms with Crippen LogP contribution in [0.2, 0.25) is 0 Å². The van der Waals surface area contributed by atoms with Gasteiger partial charge in [0.2, 0.25) is 0 Å². The van der Waals surface area contributed by atoms with Gasteiger partial charge in [0, 0.05) is 0 Å². The Hall–Kier alpha value is -2.01. The molecule has 0 radical (unpaired) electrons. The molecule has 1 aromatic carbocycles. The van der Waals surface area contributed by atoms with E-state index in [2.05, 4.69) is 0 Å². The van der Waals surface area contributed by atoms with Crippen molar-refractivity contribution >= 4 is 22.1 Å². The molecule has 9 nitrogen and oxygen atoms in total. The third-order valence-electron chi connectivity index (χ3n) is 4.55. The largest absolute Gasteiger partial charge is 0.463 e. The van der Waals surface area contributed by atoms with E-state index < -0.39 is 27.5 Å². The first-order chi connectivity index (χ1) is 13.6. The highest BCUT2D eigenvalue weighted by Gasteiger charge is 2.40. The van der Waals surface area contributed by atoms with Gasteiger partial charge < -0.3 is 19.7 Å². The molecule has 0 aliphatic heterocycles. The Kier molecular flexibility index (Phi) is 9.71. The summed E-state index contributed by atoms with van der Waals surface area (Å²) in [5.41, 5.74) is -0.533. The van der Waals surface area contributed by atoms with Crippen molar-refractivity contribution in [2.24, 2.45) is 5.41 Å². The van der Waals surface area contributed by atoms with Crippen LogP contribution in [-0.4, -0.2) is 61.5 Å². The predicted octanol–water partition coefficient (Wildman–Crippen LogP) is 1.28. The summed E-state index contributed by atoms with van der Waals surface area (Å²) in [6.45, 7) is 2.35. The fourth-order valence-electron chi connectivity index (χ4n) is 3.02. The van der Waals surface area contributed by atoms with Crippen molar-refractivity contribution in [3.8, 4) is 0 Å². The number of hydrogen-bond donors (Lipinski definition) is 3. The van der Waals surface area contributed by atoms with Crippen molar-refractivity contribution in [2.45, 2.75) is 43.9 Å². The van der Waals surface area contributed by atoms with Crippen molar-refractivity contribution in [1.82, 2.24) is 0 Å². The lowest BCUT2D eigenvalue weighted by Crippen LogP contribution is -2.35. The Morgan fingerprint density at radius 2 is 1.62 bits per heavy atom. The van der Waals surface area contributed by atoms with Gasteiger partial charge in [0.1, 0.15) is 13.2 Å². The fraction of sp³-hybridized carbons (Fsp3) is 0.579. The molecule has 0 amide bonds. The van der Waals surface area contributed by atoms with Crippen LogP contribution in [0.15, 0.2) is 29.2 Å². The number of carbonyl (C=O) groups excluding carboxylic acids is 2. The van der Waals surface area contributed by atoms with Gasteiger partial charge in [-0.25, -0.2) is 0 Å². The number of rotatable bonds is 12. The molecule has 1 aromatic rings. The van der Waals surface area contributed by atoms with Gasteiger partial charge in [-0.3, -0.25) is 14.1 Å². The van der Waals surface area contributed by atoms with Gasteiger partial charge in [-0.15, -0.1) is 0 Å². The van der Waals surface area contributed by atoms with Crippen LogP contribution in [0.25, 0.3) is 0 Å². The van der Waals surface area contributed by atoms with E-state index in [0.717, 1.165) is 5.56 Å². The highest BCUT2D eigenvalue weighted by atomic mass is 32.2. The van der Waals surface area contributed by atoms with Crippen LogP contribution in [0, 0.1) is 5.41 Å². The van der Waals surface area contributed by atoms with Crippen molar-refractivity contribution < 1.29 is 42.2 Å². The van der Waals surface area contributed by atoms with Crippen molar-refractivity contribution in [3.63, 3.8) is 0 Å². The molecule has 0 spiro atoms. The van der Waals surface area contributed by atoms with E-state index in [1.807, 2.05) is 6.92 Å². The Balaban J connectivity index is 3.09. The van der Waals surface area contributed by atoms with Gasteiger partial charge in [-0.05, 0) is 43.4 Å². The van der Waals surface area contributed by atoms with Gasteiger partial charge in [-0.2, -0.15) is 8.42 Å². The van der Waals surface area contributed by atoms with Crippen molar-refractivity contribution in [3.05, 3.63) is 29.8 Å². The monoisotopic (exact) mass is 432 g/mol. The predicted molar refractivity (Wildman–Crippen MR) is 103 cm³/mol. The van der Waals surface area contributed by atoms with Crippen LogP contribution >= 0.6 is 0 Å². The summed E-state index contributed by atoms with van der Waals surface area (Å²) in [5, 5.41) is 17.7. The summed E-state index contributed by atoms with van der Waals surface area (Å²) >= 11 is 0. The number of carbonyl (C=O) groups is 2. The second kappa shape index (κ2) is 11.2. The number of aliphatic hydroxyl groups is 2. The van der Waals surface area contributed by atoms with Gasteiger partial charge in [0.15, 0.2) is 0 Å². The lowest BCUT2D eigenvalue weighted by molar-refractivity contribution is -0.163. The third-order valence-corrected chi connectivity index (χ3v) is 5.41. The number of ether oxygens (including phenoxy) is 2. The molecule has 0 aliphatic rings. The van der Waals surface area contributed by atoms with Gasteiger partial charge >= 0.3 is 11.9 Å². The molecule has 0 heterocycles. The Morgan fingerprint density at radius 3 is 2.10 bits per heavy atom. The van der Waals surface area contributed by atoms with Gasteiger partial charge in [-0.1, -0.05) is 19.1 Å². The zero-order valence-electron chi connectivity index (χ0n) is 16.5. The van der Waals surface area contributed by atoms with E-state index in [1.54, 1.807) is 19.1 Å². The molecule has 29 heavy (non-hydrogen) atoms. The summed E-state index contributed by atoms with van der Waals surface area (Å²) in [4.78, 5) is 24.4. The molecule has 0 aromatic heterocycles. The van der Waals surface area contributed by atoms with E-state index >= 15 is 0 Å². The first-order valence-electron chi connectivity index (χ1n) is 9.19. The lowest BCUT2D eigenvalue weighted by atomic mass is 9.75. The summed E-state index contributed by atoms with van der Waals surface area (Å²) in [6, 6.07) is 5.62. The summed E-state index contributed by atoms with van der Waals surface area (Å²) in [7, 11) is -4.32. The van der Waals surface area contributed by atoms with Crippen LogP contribution in [0.1, 0.15) is 44.6 Å². The second-order valence-electron chi connectivity index (χ2n) is 6.89. The Morgan fingerprint density at radius 1 is 1.07 bits per heavy atom. The highest BCUT2D eigenvalue weighted by Crippen LogP contribution is 2.38. The van der Waals surface area contributed by atoms with Crippen LogP contribution in [0.4, 0.5) is 0 Å². The van der Waals surface area contributed by atoms with Crippen LogP contribution in [-0.2, 0) is 29.2 Å². The first-order valence-corrected chi connectivity index (χ1v) is 10.6. The molecule has 0 saturated heterocycles. The van der Waals surface area contributed by atoms with Gasteiger partial charge in [0.05, 0.1) is 29.9 Å². The highest BCUT2D eigenvalue weighted by molar-refractivity contribution is 7.85. The minimum atomic E-state index is -4.32. The SMILES string of the molecule is CCC(CC(C)(CC(=O)OCCO)C(=O)OCCO)c1ccc(S(=O)(=O)O)cc1. The second-order valence-corrected chi connectivity index (χ2v) is 8.32. The van der Waals surface area contributed by atoms with E-state index in [4.69, 9.17) is 24.2 Å². The first kappa shape index (κ1) is 25.0. The molecule has 0 aliphatic carbocycles. The van der Waals surface area contributed by atoms with Gasteiger partial charge in [0.25, 0.3) is 10.1 Å². The minimum Gasteiger partial charge on any atom is -0.463 e. The zero-order valence-corrected chi connectivity index (χ0v) is 17.4. The van der Waals surface area contributed by atoms with E-state index in [9.17, 15) is 18.0 Å². The maximum atomic E-state index is 12.6. The van der Waals surface area contributed by atoms with Crippen LogP contribution in [0.5, 0.6) is 0 Å². The minimum absolute atomic E-state index is 0.186. The molecular formula is C19H28O9S. The quantitative estimate of drug-likeness (QED) is 0.328.